The van der Waals surface area contributed by atoms with Crippen molar-refractivity contribution in [3.63, 3.8) is 0 Å². The van der Waals surface area contributed by atoms with Crippen molar-refractivity contribution >= 4 is 27.5 Å². The minimum atomic E-state index is -0.779. The van der Waals surface area contributed by atoms with Crippen molar-refractivity contribution in [3.05, 3.63) is 48.2 Å². The minimum absolute atomic E-state index is 0.0325. The van der Waals surface area contributed by atoms with Crippen LogP contribution in [0.5, 0.6) is 11.8 Å². The van der Waals surface area contributed by atoms with E-state index < -0.39 is 17.7 Å². The minimum Gasteiger partial charge on any atom is -0.508 e. The molecular weight excluding hydrogens is 596 g/mol. The monoisotopic (exact) mass is 633 g/mol. The number of fused-ring (bicyclic) bond motifs is 3. The SMILES string of the molecule is Oc1cc(-c2ncc3c(N4CCOCC(O)C4)nc(OCC45CCCC4N(C4COC4)CCC5)nc3c2F)c2c(F)cccc2c1. The molecule has 10 nitrogen and oxygen atoms in total. The van der Waals surface area contributed by atoms with Crippen LogP contribution in [0, 0.1) is 17.0 Å². The summed E-state index contributed by atoms with van der Waals surface area (Å²) in [6.07, 6.45) is 6.07. The van der Waals surface area contributed by atoms with Gasteiger partial charge in [-0.3, -0.25) is 9.88 Å². The zero-order valence-electron chi connectivity index (χ0n) is 25.5. The maximum absolute atomic E-state index is 16.7. The number of benzene rings is 2. The first-order valence-electron chi connectivity index (χ1n) is 16.2. The first-order chi connectivity index (χ1) is 22.4. The third kappa shape index (κ3) is 5.11. The number of aromatic hydroxyl groups is 1. The van der Waals surface area contributed by atoms with Gasteiger partial charge in [0.05, 0.1) is 50.6 Å². The van der Waals surface area contributed by atoms with E-state index in [2.05, 4.69) is 14.9 Å². The van der Waals surface area contributed by atoms with Crippen LogP contribution in [-0.2, 0) is 9.47 Å². The van der Waals surface area contributed by atoms with Crippen molar-refractivity contribution in [3.8, 4) is 23.0 Å². The number of nitrogens with zero attached hydrogens (tertiary/aromatic N) is 5. The molecule has 2 aromatic carbocycles. The molecule has 2 N–H and O–H groups in total. The van der Waals surface area contributed by atoms with Gasteiger partial charge < -0.3 is 29.3 Å². The van der Waals surface area contributed by atoms with Crippen molar-refractivity contribution in [2.24, 2.45) is 5.41 Å². The molecule has 1 aliphatic carbocycles. The molecule has 4 aromatic rings. The van der Waals surface area contributed by atoms with Gasteiger partial charge in [0.15, 0.2) is 5.82 Å². The molecule has 1 saturated carbocycles. The Morgan fingerprint density at radius 3 is 2.76 bits per heavy atom. The second-order valence-corrected chi connectivity index (χ2v) is 13.1. The number of hydrogen-bond acceptors (Lipinski definition) is 10. The Bertz CT molecular complexity index is 1790. The van der Waals surface area contributed by atoms with Crippen LogP contribution >= 0.6 is 0 Å². The fourth-order valence-electron chi connectivity index (χ4n) is 8.05. The van der Waals surface area contributed by atoms with E-state index in [1.165, 1.54) is 30.5 Å². The van der Waals surface area contributed by atoms with Gasteiger partial charge >= 0.3 is 6.01 Å². The second kappa shape index (κ2) is 11.8. The molecule has 0 amide bonds. The molecule has 0 bridgehead atoms. The summed E-state index contributed by atoms with van der Waals surface area (Å²) in [5, 5.41) is 21.9. The molecular formula is C34H37F2N5O5. The van der Waals surface area contributed by atoms with E-state index in [0.29, 0.717) is 48.4 Å². The number of pyridine rings is 1. The Kier molecular flexibility index (Phi) is 7.63. The lowest BCUT2D eigenvalue weighted by atomic mass is 9.75. The molecule has 5 heterocycles. The average Bonchev–Trinajstić information content (AvgIpc) is 3.34. The van der Waals surface area contributed by atoms with Gasteiger partial charge in [0.25, 0.3) is 0 Å². The van der Waals surface area contributed by atoms with Crippen LogP contribution in [0.1, 0.15) is 32.1 Å². The molecule has 4 fully saturated rings. The van der Waals surface area contributed by atoms with Crippen LogP contribution in [0.15, 0.2) is 36.5 Å². The highest BCUT2D eigenvalue weighted by molar-refractivity contribution is 6.00. The number of phenols is 1. The average molecular weight is 634 g/mol. The van der Waals surface area contributed by atoms with Gasteiger partial charge in [-0.2, -0.15) is 9.97 Å². The van der Waals surface area contributed by atoms with E-state index in [1.807, 2.05) is 4.90 Å². The molecule has 3 saturated heterocycles. The number of ether oxygens (including phenoxy) is 3. The lowest BCUT2D eigenvalue weighted by Crippen LogP contribution is -2.60. The molecule has 3 atom stereocenters. The summed E-state index contributed by atoms with van der Waals surface area (Å²) in [7, 11) is 0. The fraction of sp³-hybridized carbons (Fsp3) is 0.500. The largest absolute Gasteiger partial charge is 0.508 e. The van der Waals surface area contributed by atoms with E-state index >= 15 is 8.78 Å². The van der Waals surface area contributed by atoms with Gasteiger partial charge in [-0.15, -0.1) is 0 Å². The molecule has 46 heavy (non-hydrogen) atoms. The number of aliphatic hydroxyl groups is 1. The van der Waals surface area contributed by atoms with E-state index in [0.717, 1.165) is 51.9 Å². The molecule has 12 heteroatoms. The lowest BCUT2D eigenvalue weighted by Gasteiger charge is -2.51. The Morgan fingerprint density at radius 1 is 1.04 bits per heavy atom. The number of hydrogen-bond donors (Lipinski definition) is 2. The van der Waals surface area contributed by atoms with Gasteiger partial charge in [0.1, 0.15) is 28.6 Å². The van der Waals surface area contributed by atoms with Crippen LogP contribution in [0.3, 0.4) is 0 Å². The van der Waals surface area contributed by atoms with Crippen molar-refractivity contribution < 1.29 is 33.2 Å². The number of rotatable bonds is 6. The van der Waals surface area contributed by atoms with Crippen LogP contribution in [0.4, 0.5) is 14.6 Å². The summed E-state index contributed by atoms with van der Waals surface area (Å²) < 4.78 is 49.3. The molecule has 2 aromatic heterocycles. The highest BCUT2D eigenvalue weighted by Crippen LogP contribution is 2.49. The van der Waals surface area contributed by atoms with Crippen molar-refractivity contribution in [2.45, 2.75) is 50.3 Å². The third-order valence-corrected chi connectivity index (χ3v) is 10.3. The summed E-state index contributed by atoms with van der Waals surface area (Å²) in [5.41, 5.74) is -0.120. The number of piperidine rings is 1. The Balaban J connectivity index is 1.22. The van der Waals surface area contributed by atoms with Crippen molar-refractivity contribution in [1.29, 1.82) is 0 Å². The van der Waals surface area contributed by atoms with Gasteiger partial charge in [-0.05, 0) is 55.8 Å². The van der Waals surface area contributed by atoms with E-state index in [4.69, 9.17) is 19.2 Å². The van der Waals surface area contributed by atoms with Crippen LogP contribution in [-0.4, -0.2) is 101 Å². The van der Waals surface area contributed by atoms with Gasteiger partial charge in [0.2, 0.25) is 0 Å². The van der Waals surface area contributed by atoms with Crippen LogP contribution in [0.2, 0.25) is 0 Å². The number of aromatic nitrogens is 3. The number of β-amino-alcohol motifs (C(OH)–C–C–N with tert-alkyl or cyclic N) is 1. The first-order valence-corrected chi connectivity index (χ1v) is 16.2. The van der Waals surface area contributed by atoms with E-state index in [-0.39, 0.29) is 52.5 Å². The van der Waals surface area contributed by atoms with Gasteiger partial charge in [-0.1, -0.05) is 18.6 Å². The number of phenolic OH excluding ortho intramolecular Hbond substituents is 1. The summed E-state index contributed by atoms with van der Waals surface area (Å²) in [5.74, 6) is -1.09. The summed E-state index contributed by atoms with van der Waals surface area (Å²) >= 11 is 0. The highest BCUT2D eigenvalue weighted by Gasteiger charge is 2.51. The molecule has 242 valence electrons. The Hall–Kier alpha value is -3.71. The topological polar surface area (TPSA) is 113 Å². The van der Waals surface area contributed by atoms with Gasteiger partial charge in [-0.25, -0.2) is 8.78 Å². The lowest BCUT2D eigenvalue weighted by molar-refractivity contribution is -0.115. The number of aliphatic hydroxyl groups excluding tert-OH is 1. The maximum atomic E-state index is 16.7. The molecule has 0 radical (unpaired) electrons. The second-order valence-electron chi connectivity index (χ2n) is 13.1. The summed E-state index contributed by atoms with van der Waals surface area (Å²) in [6.45, 7) is 4.17. The van der Waals surface area contributed by atoms with E-state index in [1.54, 1.807) is 6.07 Å². The predicted molar refractivity (Wildman–Crippen MR) is 167 cm³/mol. The molecule has 3 aliphatic heterocycles. The standard InChI is InChI=1S/C34H37F2N5O5/c35-26-5-1-4-20-12-22(42)13-24(28(20)26)30-29(36)31-25(14-37-30)32(40-10-11-44-18-23(43)15-40)39-33(38-31)46-19-34-7-2-6-27(34)41(9-3-8-34)21-16-45-17-21/h1,4-5,12-14,21,23,27,42-43H,2-3,6-11,15-19H2. The summed E-state index contributed by atoms with van der Waals surface area (Å²) in [6, 6.07) is 8.09. The zero-order chi connectivity index (χ0) is 31.4. The fourth-order valence-corrected chi connectivity index (χ4v) is 8.05. The maximum Gasteiger partial charge on any atom is 0.319 e. The summed E-state index contributed by atoms with van der Waals surface area (Å²) in [4.78, 5) is 18.3. The molecule has 8 rings (SSSR count). The van der Waals surface area contributed by atoms with Crippen molar-refractivity contribution in [2.75, 3.05) is 57.6 Å². The number of halogens is 2. The third-order valence-electron chi connectivity index (χ3n) is 10.3. The molecule has 3 unspecified atom stereocenters. The van der Waals surface area contributed by atoms with Crippen LogP contribution in [0.25, 0.3) is 32.9 Å². The molecule has 4 aliphatic rings. The smallest absolute Gasteiger partial charge is 0.319 e. The van der Waals surface area contributed by atoms with Crippen LogP contribution < -0.4 is 9.64 Å². The first kappa shape index (κ1) is 29.7. The van der Waals surface area contributed by atoms with Crippen molar-refractivity contribution in [1.82, 2.24) is 19.9 Å². The predicted octanol–water partition coefficient (Wildman–Crippen LogP) is 4.44. The van der Waals surface area contributed by atoms with E-state index in [9.17, 15) is 10.2 Å². The number of likely N-dealkylation sites (tertiary alicyclic amines) is 1. The Labute approximate surface area is 264 Å². The van der Waals surface area contributed by atoms with Gasteiger partial charge in [0, 0.05) is 41.7 Å². The zero-order valence-corrected chi connectivity index (χ0v) is 25.5. The number of anilines is 1. The molecule has 0 spiro atoms. The quantitative estimate of drug-likeness (QED) is 0.316. The highest BCUT2D eigenvalue weighted by atomic mass is 19.1. The normalized spacial score (nSPS) is 25.8. The Morgan fingerprint density at radius 2 is 1.91 bits per heavy atom.